The lowest BCUT2D eigenvalue weighted by Crippen LogP contribution is -2.25. The maximum absolute atomic E-state index is 13.8. The molecule has 1 saturated carbocycles. The van der Waals surface area contributed by atoms with E-state index >= 15 is 0 Å². The Kier molecular flexibility index (Phi) is 3.96. The smallest absolute Gasteiger partial charge is 0.313 e. The zero-order chi connectivity index (χ0) is 15.1. The summed E-state index contributed by atoms with van der Waals surface area (Å²) in [6.45, 7) is 2.18. The molecule has 0 unspecified atom stereocenters. The third-order valence-electron chi connectivity index (χ3n) is 3.74. The molecule has 0 bridgehead atoms. The van der Waals surface area contributed by atoms with Gasteiger partial charge in [-0.3, -0.25) is 4.79 Å². The molecule has 0 radical (unpaired) electrons. The summed E-state index contributed by atoms with van der Waals surface area (Å²) in [7, 11) is 0. The number of carboxylic acid groups (broad SMARTS) is 1. The van der Waals surface area contributed by atoms with Crippen molar-refractivity contribution >= 4 is 44.7 Å². The van der Waals surface area contributed by atoms with Crippen molar-refractivity contribution < 1.29 is 14.3 Å². The molecular weight excluding hydrogens is 359 g/mol. The largest absolute Gasteiger partial charge is 0.481 e. The van der Waals surface area contributed by atoms with E-state index in [1.54, 1.807) is 6.07 Å². The highest BCUT2D eigenvalue weighted by Gasteiger charge is 2.30. The first-order valence-electron chi connectivity index (χ1n) is 6.67. The van der Waals surface area contributed by atoms with Gasteiger partial charge >= 0.3 is 5.97 Å². The minimum atomic E-state index is -0.882. The number of aliphatic carboxylic acids is 1. The van der Waals surface area contributed by atoms with E-state index in [0.29, 0.717) is 21.1 Å². The molecule has 7 heteroatoms. The van der Waals surface area contributed by atoms with Crippen molar-refractivity contribution in [1.29, 1.82) is 0 Å². The highest BCUT2D eigenvalue weighted by atomic mass is 79.9. The molecule has 1 aromatic carbocycles. The monoisotopic (exact) mass is 372 g/mol. The van der Waals surface area contributed by atoms with Crippen molar-refractivity contribution in [2.45, 2.75) is 31.0 Å². The van der Waals surface area contributed by atoms with Crippen molar-refractivity contribution in [2.75, 3.05) is 5.75 Å². The van der Waals surface area contributed by atoms with Gasteiger partial charge < -0.3 is 9.67 Å². The quantitative estimate of drug-likeness (QED) is 0.821. The topological polar surface area (TPSA) is 55.1 Å². The van der Waals surface area contributed by atoms with Gasteiger partial charge in [0.15, 0.2) is 5.16 Å². The van der Waals surface area contributed by atoms with Crippen molar-refractivity contribution in [1.82, 2.24) is 9.55 Å². The molecule has 112 valence electrons. The Bertz CT molecular complexity index is 713. The molecule has 1 aliphatic carbocycles. The molecule has 0 atom stereocenters. The number of hydrogen-bond acceptors (Lipinski definition) is 3. The first kappa shape index (κ1) is 14.8. The molecule has 21 heavy (non-hydrogen) atoms. The van der Waals surface area contributed by atoms with E-state index in [4.69, 9.17) is 5.11 Å². The highest BCUT2D eigenvalue weighted by Crippen LogP contribution is 2.42. The summed E-state index contributed by atoms with van der Waals surface area (Å²) in [6.07, 6.45) is 2.04. The SMILES string of the molecule is CC1CC(n2c(SCC(=O)O)nc3cc(Br)c(F)cc32)C1. The van der Waals surface area contributed by atoms with Crippen LogP contribution in [0, 0.1) is 11.7 Å². The van der Waals surface area contributed by atoms with E-state index in [1.165, 1.54) is 17.8 Å². The van der Waals surface area contributed by atoms with E-state index in [9.17, 15) is 9.18 Å². The van der Waals surface area contributed by atoms with Gasteiger partial charge in [0.2, 0.25) is 0 Å². The van der Waals surface area contributed by atoms with E-state index in [1.807, 2.05) is 4.57 Å². The van der Waals surface area contributed by atoms with Gasteiger partial charge in [-0.15, -0.1) is 0 Å². The number of imidazole rings is 1. The zero-order valence-electron chi connectivity index (χ0n) is 11.3. The molecule has 1 aromatic heterocycles. The lowest BCUT2D eigenvalue weighted by Gasteiger charge is -2.35. The third-order valence-corrected chi connectivity index (χ3v) is 5.28. The number of hydrogen-bond donors (Lipinski definition) is 1. The van der Waals surface area contributed by atoms with Crippen LogP contribution in [0.1, 0.15) is 25.8 Å². The fourth-order valence-corrected chi connectivity index (χ4v) is 3.85. The standard InChI is InChI=1S/C14H14BrFN2O2S/c1-7-2-8(3-7)18-12-5-10(16)9(15)4-11(12)17-14(18)21-6-13(19)20/h4-5,7-8H,2-3,6H2,1H3,(H,19,20). The molecule has 0 spiro atoms. The van der Waals surface area contributed by atoms with Gasteiger partial charge in [-0.05, 0) is 40.8 Å². The predicted molar refractivity (Wildman–Crippen MR) is 83.2 cm³/mol. The number of aromatic nitrogens is 2. The Morgan fingerprint density at radius 3 is 2.90 bits per heavy atom. The Hall–Kier alpha value is -1.08. The van der Waals surface area contributed by atoms with Gasteiger partial charge in [-0.1, -0.05) is 18.7 Å². The number of benzene rings is 1. The van der Waals surface area contributed by atoms with Crippen LogP contribution in [-0.4, -0.2) is 26.4 Å². The van der Waals surface area contributed by atoms with Crippen LogP contribution in [-0.2, 0) is 4.79 Å². The molecule has 1 heterocycles. The van der Waals surface area contributed by atoms with E-state index < -0.39 is 5.97 Å². The summed E-state index contributed by atoms with van der Waals surface area (Å²) in [6, 6.07) is 3.40. The fourth-order valence-electron chi connectivity index (χ4n) is 2.72. The second kappa shape index (κ2) is 5.61. The Morgan fingerprint density at radius 1 is 1.57 bits per heavy atom. The second-order valence-electron chi connectivity index (χ2n) is 5.43. The summed E-state index contributed by atoms with van der Waals surface area (Å²) < 4.78 is 16.2. The Morgan fingerprint density at radius 2 is 2.29 bits per heavy atom. The first-order valence-corrected chi connectivity index (χ1v) is 8.45. The van der Waals surface area contributed by atoms with E-state index in [-0.39, 0.29) is 17.6 Å². The highest BCUT2D eigenvalue weighted by molar-refractivity contribution is 9.10. The summed E-state index contributed by atoms with van der Waals surface area (Å²) in [5, 5.41) is 9.51. The van der Waals surface area contributed by atoms with Crippen LogP contribution in [0.3, 0.4) is 0 Å². The lowest BCUT2D eigenvalue weighted by atomic mass is 9.81. The van der Waals surface area contributed by atoms with Crippen LogP contribution in [0.25, 0.3) is 11.0 Å². The summed E-state index contributed by atoms with van der Waals surface area (Å²) >= 11 is 4.35. The van der Waals surface area contributed by atoms with Gasteiger partial charge in [0.25, 0.3) is 0 Å². The number of nitrogens with zero attached hydrogens (tertiary/aromatic N) is 2. The molecule has 0 saturated heterocycles. The molecule has 0 aliphatic heterocycles. The maximum atomic E-state index is 13.8. The zero-order valence-corrected chi connectivity index (χ0v) is 13.7. The summed E-state index contributed by atoms with van der Waals surface area (Å²) in [5.41, 5.74) is 1.43. The minimum Gasteiger partial charge on any atom is -0.481 e. The normalized spacial score (nSPS) is 21.5. The van der Waals surface area contributed by atoms with Crippen LogP contribution in [0.2, 0.25) is 0 Å². The summed E-state index contributed by atoms with van der Waals surface area (Å²) in [5.74, 6) is -0.612. The van der Waals surface area contributed by atoms with Gasteiger partial charge in [0, 0.05) is 12.1 Å². The van der Waals surface area contributed by atoms with Crippen molar-refractivity contribution in [3.63, 3.8) is 0 Å². The van der Waals surface area contributed by atoms with Crippen LogP contribution in [0.5, 0.6) is 0 Å². The maximum Gasteiger partial charge on any atom is 0.313 e. The van der Waals surface area contributed by atoms with Crippen molar-refractivity contribution in [2.24, 2.45) is 5.92 Å². The van der Waals surface area contributed by atoms with Crippen LogP contribution < -0.4 is 0 Å². The third kappa shape index (κ3) is 2.81. The van der Waals surface area contributed by atoms with Crippen molar-refractivity contribution in [3.8, 4) is 0 Å². The number of carboxylic acids is 1. The second-order valence-corrected chi connectivity index (χ2v) is 7.23. The van der Waals surface area contributed by atoms with E-state index in [0.717, 1.165) is 18.4 Å². The molecule has 0 amide bonds. The van der Waals surface area contributed by atoms with Crippen LogP contribution >= 0.6 is 27.7 Å². The van der Waals surface area contributed by atoms with Crippen molar-refractivity contribution in [3.05, 3.63) is 22.4 Å². The summed E-state index contributed by atoms with van der Waals surface area (Å²) in [4.78, 5) is 15.3. The van der Waals surface area contributed by atoms with Gasteiger partial charge in [0.1, 0.15) is 5.82 Å². The molecule has 1 aliphatic rings. The molecule has 1 N–H and O–H groups in total. The number of rotatable bonds is 4. The van der Waals surface area contributed by atoms with Gasteiger partial charge in [-0.2, -0.15) is 0 Å². The number of thioether (sulfide) groups is 1. The molecule has 2 aromatic rings. The minimum absolute atomic E-state index is 0.0464. The molecule has 1 fully saturated rings. The number of halogens is 2. The molecular formula is C14H14BrFN2O2S. The van der Waals surface area contributed by atoms with E-state index in [2.05, 4.69) is 27.8 Å². The van der Waals surface area contributed by atoms with Gasteiger partial charge in [-0.25, -0.2) is 9.37 Å². The average Bonchev–Trinajstić information content (AvgIpc) is 2.71. The first-order chi connectivity index (χ1) is 9.95. The van der Waals surface area contributed by atoms with Crippen LogP contribution in [0.15, 0.2) is 21.8 Å². The average molecular weight is 373 g/mol. The predicted octanol–water partition coefficient (Wildman–Crippen LogP) is 4.09. The van der Waals surface area contributed by atoms with Gasteiger partial charge in [0.05, 0.1) is 21.3 Å². The Balaban J connectivity index is 2.06. The molecule has 4 nitrogen and oxygen atoms in total. The Labute approximate surface area is 133 Å². The fraction of sp³-hybridized carbons (Fsp3) is 0.429. The molecule has 3 rings (SSSR count). The number of fused-ring (bicyclic) bond motifs is 1. The lowest BCUT2D eigenvalue weighted by molar-refractivity contribution is -0.133. The number of carbonyl (C=O) groups is 1. The van der Waals surface area contributed by atoms with Crippen LogP contribution in [0.4, 0.5) is 4.39 Å².